The molecule has 1 fully saturated rings. The fraction of sp³-hybridized carbons (Fsp3) is 0.370. The van der Waals surface area contributed by atoms with Crippen molar-refractivity contribution < 1.29 is 27.8 Å². The average molecular weight is 567 g/mol. The van der Waals surface area contributed by atoms with Gasteiger partial charge in [-0.2, -0.15) is 9.61 Å². The Kier molecular flexibility index (Phi) is 7.53. The van der Waals surface area contributed by atoms with E-state index >= 15 is 0 Å². The van der Waals surface area contributed by atoms with Crippen molar-refractivity contribution in [1.82, 2.24) is 24.6 Å². The molecule has 0 amide bonds. The predicted octanol–water partition coefficient (Wildman–Crippen LogP) is 2.98. The molecule has 0 spiro atoms. The highest BCUT2D eigenvalue weighted by Gasteiger charge is 2.44. The van der Waals surface area contributed by atoms with Crippen molar-refractivity contribution in [3.8, 4) is 22.5 Å². The molecule has 5 rings (SSSR count). The molecule has 1 saturated carbocycles. The van der Waals surface area contributed by atoms with E-state index in [1.807, 2.05) is 30.3 Å². The number of nitrogen functional groups attached to an aromatic ring is 1. The highest BCUT2D eigenvalue weighted by atomic mass is 32.2. The van der Waals surface area contributed by atoms with E-state index in [2.05, 4.69) is 15.1 Å². The van der Waals surface area contributed by atoms with Gasteiger partial charge in [0.15, 0.2) is 26.9 Å². The van der Waals surface area contributed by atoms with Crippen molar-refractivity contribution in [2.45, 2.75) is 42.1 Å². The first-order valence-electron chi connectivity index (χ1n) is 12.8. The summed E-state index contributed by atoms with van der Waals surface area (Å²) in [7, 11) is -2.28. The third kappa shape index (κ3) is 5.15. The molecule has 0 bridgehead atoms. The minimum Gasteiger partial charge on any atom is -0.479 e. The fourth-order valence-corrected chi connectivity index (χ4v) is 6.24. The number of methoxy groups -OCH3 is 1. The van der Waals surface area contributed by atoms with Gasteiger partial charge in [0.1, 0.15) is 10.7 Å². The Labute approximate surface area is 231 Å². The van der Waals surface area contributed by atoms with Gasteiger partial charge >= 0.3 is 5.97 Å². The zero-order chi connectivity index (χ0) is 28.5. The summed E-state index contributed by atoms with van der Waals surface area (Å²) in [6.45, 7) is 0.412. The van der Waals surface area contributed by atoms with E-state index in [4.69, 9.17) is 20.2 Å². The smallest absolute Gasteiger partial charge is 0.335 e. The molecule has 0 unspecified atom stereocenters. The zero-order valence-corrected chi connectivity index (χ0v) is 23.0. The average Bonchev–Trinajstić information content (AvgIpc) is 3.38. The quantitative estimate of drug-likeness (QED) is 0.285. The molecule has 0 saturated heterocycles. The van der Waals surface area contributed by atoms with E-state index in [0.717, 1.165) is 11.8 Å². The number of aromatic nitrogens is 5. The second-order valence-electron chi connectivity index (χ2n) is 9.85. The van der Waals surface area contributed by atoms with Gasteiger partial charge in [-0.05, 0) is 25.7 Å². The summed E-state index contributed by atoms with van der Waals surface area (Å²) in [4.78, 5) is 25.8. The summed E-state index contributed by atoms with van der Waals surface area (Å²) in [5.41, 5.74) is 7.80. The van der Waals surface area contributed by atoms with Crippen molar-refractivity contribution in [3.05, 3.63) is 54.6 Å². The minimum atomic E-state index is -3.80. The number of hydrogen-bond acceptors (Lipinski definition) is 10. The van der Waals surface area contributed by atoms with Crippen LogP contribution in [0.15, 0.2) is 53.8 Å². The van der Waals surface area contributed by atoms with Gasteiger partial charge in [0.2, 0.25) is 0 Å². The lowest BCUT2D eigenvalue weighted by Crippen LogP contribution is -2.45. The van der Waals surface area contributed by atoms with Crippen LogP contribution < -0.4 is 5.73 Å². The maximum atomic E-state index is 12.9. The van der Waals surface area contributed by atoms with Crippen molar-refractivity contribution in [2.75, 3.05) is 32.3 Å². The van der Waals surface area contributed by atoms with Crippen LogP contribution in [0.25, 0.3) is 28.2 Å². The lowest BCUT2D eigenvalue weighted by Gasteiger charge is -2.36. The summed E-state index contributed by atoms with van der Waals surface area (Å²) in [6, 6.07) is 9.55. The van der Waals surface area contributed by atoms with Crippen molar-refractivity contribution >= 4 is 27.3 Å². The molecule has 3 heterocycles. The molecule has 40 heavy (non-hydrogen) atoms. The molecule has 4 aromatic rings. The Morgan fingerprint density at radius 2 is 1.77 bits per heavy atom. The van der Waals surface area contributed by atoms with Gasteiger partial charge in [0.05, 0.1) is 25.1 Å². The topological polar surface area (TPSA) is 172 Å². The van der Waals surface area contributed by atoms with E-state index in [1.165, 1.54) is 11.6 Å². The van der Waals surface area contributed by atoms with Crippen LogP contribution >= 0.6 is 0 Å². The molecular formula is C27H30N6O6S. The molecule has 0 atom stereocenters. The lowest BCUT2D eigenvalue weighted by molar-refractivity contribution is -0.173. The van der Waals surface area contributed by atoms with Crippen molar-refractivity contribution in [1.29, 1.82) is 0 Å². The van der Waals surface area contributed by atoms with Gasteiger partial charge in [0.25, 0.3) is 0 Å². The van der Waals surface area contributed by atoms with Crippen LogP contribution in [0.1, 0.15) is 37.3 Å². The number of carbonyl (C=O) groups is 1. The molecule has 1 aliphatic rings. The van der Waals surface area contributed by atoms with Gasteiger partial charge in [-0.1, -0.05) is 30.3 Å². The number of benzene rings is 1. The maximum Gasteiger partial charge on any atom is 0.335 e. The Hall–Kier alpha value is -3.94. The third-order valence-electron chi connectivity index (χ3n) is 7.26. The predicted molar refractivity (Wildman–Crippen MR) is 146 cm³/mol. The van der Waals surface area contributed by atoms with Crippen LogP contribution in [0, 0.1) is 0 Å². The standard InChI is InChI=1S/C27H30N6O6S/c1-38-12-13-39-27(26(34)35)10-8-17(9-11-27)21-22(40(2,36)37)23(28)33-25(32-21)20(16-31-33)19-14-29-24(30-15-19)18-6-4-3-5-7-18/h3-7,14-17H,8-13,28H2,1-2H3,(H,34,35)/t17-,27+. The van der Waals surface area contributed by atoms with Crippen molar-refractivity contribution in [2.24, 2.45) is 0 Å². The molecule has 3 N–H and O–H groups in total. The lowest BCUT2D eigenvalue weighted by atomic mass is 9.77. The minimum absolute atomic E-state index is 0.0537. The van der Waals surface area contributed by atoms with Gasteiger partial charge in [-0.15, -0.1) is 0 Å². The molecule has 210 valence electrons. The van der Waals surface area contributed by atoms with Gasteiger partial charge < -0.3 is 20.3 Å². The number of carboxylic acid groups (broad SMARTS) is 1. The summed E-state index contributed by atoms with van der Waals surface area (Å²) in [5.74, 6) is -0.896. The van der Waals surface area contributed by atoms with Crippen molar-refractivity contribution in [3.63, 3.8) is 0 Å². The number of sulfone groups is 1. The van der Waals surface area contributed by atoms with Gasteiger partial charge in [0, 0.05) is 48.4 Å². The fourth-order valence-electron chi connectivity index (χ4n) is 5.18. The number of fused-ring (bicyclic) bond motifs is 1. The van der Waals surface area contributed by atoms with Crippen LogP contribution in [-0.4, -0.2) is 76.2 Å². The molecule has 12 nitrogen and oxygen atoms in total. The number of anilines is 1. The zero-order valence-electron chi connectivity index (χ0n) is 22.1. The largest absolute Gasteiger partial charge is 0.479 e. The van der Waals surface area contributed by atoms with Gasteiger partial charge in [-0.3, -0.25) is 0 Å². The molecule has 3 aromatic heterocycles. The molecule has 1 aromatic carbocycles. The number of ether oxygens (including phenoxy) is 2. The van der Waals surface area contributed by atoms with Gasteiger partial charge in [-0.25, -0.2) is 28.2 Å². The van der Waals surface area contributed by atoms with Crippen LogP contribution in [-0.2, 0) is 24.1 Å². The summed E-state index contributed by atoms with van der Waals surface area (Å²) in [5, 5.41) is 14.2. The number of aliphatic carboxylic acids is 1. The number of carboxylic acids is 1. The Morgan fingerprint density at radius 3 is 2.38 bits per heavy atom. The SMILES string of the molecule is COCCO[C@]1(C(=O)O)CC[C@H](c2nc3c(-c4cnc(-c5ccccc5)nc4)cnn3c(N)c2S(C)(=O)=O)CC1. The third-order valence-corrected chi connectivity index (χ3v) is 8.42. The maximum absolute atomic E-state index is 12.9. The van der Waals surface area contributed by atoms with Crippen LogP contribution in [0.4, 0.5) is 5.82 Å². The Morgan fingerprint density at radius 1 is 1.10 bits per heavy atom. The van der Waals surface area contributed by atoms with E-state index in [9.17, 15) is 18.3 Å². The number of nitrogens with two attached hydrogens (primary N) is 1. The van der Waals surface area contributed by atoms with E-state index < -0.39 is 21.4 Å². The highest BCUT2D eigenvalue weighted by Crippen LogP contribution is 2.43. The molecule has 13 heteroatoms. The summed E-state index contributed by atoms with van der Waals surface area (Å²) >= 11 is 0. The second-order valence-corrected chi connectivity index (χ2v) is 11.8. The molecular weight excluding hydrogens is 536 g/mol. The Bertz CT molecular complexity index is 1630. The number of nitrogens with zero attached hydrogens (tertiary/aromatic N) is 5. The van der Waals surface area contributed by atoms with E-state index in [0.29, 0.717) is 41.1 Å². The molecule has 1 aliphatic carbocycles. The van der Waals surface area contributed by atoms with Crippen LogP contribution in [0.2, 0.25) is 0 Å². The highest BCUT2D eigenvalue weighted by molar-refractivity contribution is 7.91. The van der Waals surface area contributed by atoms with E-state index in [1.54, 1.807) is 18.6 Å². The monoisotopic (exact) mass is 566 g/mol. The molecule has 0 radical (unpaired) electrons. The number of rotatable bonds is 9. The summed E-state index contributed by atoms with van der Waals surface area (Å²) in [6.07, 6.45) is 7.03. The number of hydrogen-bond donors (Lipinski definition) is 2. The molecule has 0 aliphatic heterocycles. The first-order chi connectivity index (χ1) is 19.1. The first-order valence-corrected chi connectivity index (χ1v) is 14.6. The van der Waals surface area contributed by atoms with E-state index in [-0.39, 0.29) is 42.7 Å². The van der Waals surface area contributed by atoms with Crippen LogP contribution in [0.5, 0.6) is 0 Å². The van der Waals surface area contributed by atoms with Crippen LogP contribution in [0.3, 0.4) is 0 Å². The first kappa shape index (κ1) is 27.6. The normalized spacial score (nSPS) is 19.6. The second kappa shape index (κ2) is 10.9. The summed E-state index contributed by atoms with van der Waals surface area (Å²) < 4.78 is 37.9. The Balaban J connectivity index is 1.53.